The number of hydrogen-bond acceptors (Lipinski definition) is 2. The van der Waals surface area contributed by atoms with E-state index in [1.807, 2.05) is 11.4 Å². The SMILES string of the molecule is FC(F)(F)C1CCCC(NCc2csc(Br)c2)C1. The molecule has 1 fully saturated rings. The molecule has 1 saturated carbocycles. The van der Waals surface area contributed by atoms with Crippen LogP contribution in [-0.2, 0) is 6.54 Å². The van der Waals surface area contributed by atoms with Crippen LogP contribution < -0.4 is 5.32 Å². The molecule has 0 amide bonds. The molecule has 0 radical (unpaired) electrons. The van der Waals surface area contributed by atoms with E-state index in [9.17, 15) is 13.2 Å². The fourth-order valence-electron chi connectivity index (χ4n) is 2.37. The van der Waals surface area contributed by atoms with Gasteiger partial charge in [-0.05, 0) is 52.2 Å². The van der Waals surface area contributed by atoms with E-state index in [0.717, 1.165) is 15.8 Å². The molecule has 1 aromatic heterocycles. The Balaban J connectivity index is 1.83. The smallest absolute Gasteiger partial charge is 0.310 e. The van der Waals surface area contributed by atoms with E-state index in [0.29, 0.717) is 13.0 Å². The molecule has 2 rings (SSSR count). The van der Waals surface area contributed by atoms with Crippen LogP contribution in [0.2, 0.25) is 0 Å². The first kappa shape index (κ1) is 14.3. The zero-order valence-corrected chi connectivity index (χ0v) is 12.2. The normalized spacial score (nSPS) is 25.3. The first-order valence-electron chi connectivity index (χ1n) is 5.98. The standard InChI is InChI=1S/C12H15BrF3NS/c13-11-4-8(7-18-11)6-17-10-3-1-2-9(5-10)12(14,15)16/h4,7,9-10,17H,1-3,5-6H2. The molecule has 1 nitrogen and oxygen atoms in total. The van der Waals surface area contributed by atoms with Gasteiger partial charge in [0.15, 0.2) is 0 Å². The van der Waals surface area contributed by atoms with Crippen LogP contribution in [0.4, 0.5) is 13.2 Å². The largest absolute Gasteiger partial charge is 0.391 e. The van der Waals surface area contributed by atoms with Crippen LogP contribution in [0.3, 0.4) is 0 Å². The van der Waals surface area contributed by atoms with Gasteiger partial charge in [-0.15, -0.1) is 11.3 Å². The summed E-state index contributed by atoms with van der Waals surface area (Å²) >= 11 is 4.97. The van der Waals surface area contributed by atoms with Crippen LogP contribution in [0.15, 0.2) is 15.2 Å². The van der Waals surface area contributed by atoms with Crippen molar-refractivity contribution in [2.45, 2.75) is 44.4 Å². The highest BCUT2D eigenvalue weighted by atomic mass is 79.9. The lowest BCUT2D eigenvalue weighted by molar-refractivity contribution is -0.183. The average Bonchev–Trinajstić information content (AvgIpc) is 2.72. The minimum absolute atomic E-state index is 0.0101. The first-order valence-corrected chi connectivity index (χ1v) is 7.65. The molecular formula is C12H15BrF3NS. The topological polar surface area (TPSA) is 12.0 Å². The predicted octanol–water partition coefficient (Wildman–Crippen LogP) is 4.72. The molecule has 1 N–H and O–H groups in total. The second kappa shape index (κ2) is 5.92. The molecule has 102 valence electrons. The molecular weight excluding hydrogens is 327 g/mol. The predicted molar refractivity (Wildman–Crippen MR) is 70.7 cm³/mol. The Morgan fingerprint density at radius 3 is 2.78 bits per heavy atom. The molecule has 0 spiro atoms. The van der Waals surface area contributed by atoms with Crippen LogP contribution in [0, 0.1) is 5.92 Å². The zero-order chi connectivity index (χ0) is 13.2. The van der Waals surface area contributed by atoms with E-state index in [4.69, 9.17) is 0 Å². The molecule has 2 atom stereocenters. The third kappa shape index (κ3) is 3.96. The molecule has 6 heteroatoms. The van der Waals surface area contributed by atoms with E-state index >= 15 is 0 Å². The van der Waals surface area contributed by atoms with Gasteiger partial charge >= 0.3 is 6.18 Å². The molecule has 0 aromatic carbocycles. The second-order valence-corrected chi connectivity index (χ2v) is 7.03. The van der Waals surface area contributed by atoms with E-state index in [1.54, 1.807) is 11.3 Å². The maximum Gasteiger partial charge on any atom is 0.391 e. The lowest BCUT2D eigenvalue weighted by atomic mass is 9.85. The lowest BCUT2D eigenvalue weighted by Crippen LogP contribution is -2.38. The van der Waals surface area contributed by atoms with E-state index < -0.39 is 12.1 Å². The van der Waals surface area contributed by atoms with Gasteiger partial charge in [0.1, 0.15) is 0 Å². The number of halogens is 4. The van der Waals surface area contributed by atoms with Crippen molar-refractivity contribution in [1.82, 2.24) is 5.32 Å². The number of alkyl halides is 3. The van der Waals surface area contributed by atoms with Gasteiger partial charge in [0.2, 0.25) is 0 Å². The zero-order valence-electron chi connectivity index (χ0n) is 9.77. The van der Waals surface area contributed by atoms with Crippen molar-refractivity contribution in [2.75, 3.05) is 0 Å². The molecule has 2 unspecified atom stereocenters. The molecule has 0 bridgehead atoms. The van der Waals surface area contributed by atoms with Crippen LogP contribution >= 0.6 is 27.3 Å². The quantitative estimate of drug-likeness (QED) is 0.838. The van der Waals surface area contributed by atoms with Gasteiger partial charge in [0.05, 0.1) is 9.70 Å². The Labute approximate surface area is 117 Å². The Bertz CT molecular complexity index is 391. The fraction of sp³-hybridized carbons (Fsp3) is 0.667. The van der Waals surface area contributed by atoms with Crippen molar-refractivity contribution in [3.8, 4) is 0 Å². The third-order valence-corrected chi connectivity index (χ3v) is 4.91. The van der Waals surface area contributed by atoms with E-state index in [1.165, 1.54) is 0 Å². The van der Waals surface area contributed by atoms with Crippen molar-refractivity contribution < 1.29 is 13.2 Å². The van der Waals surface area contributed by atoms with Crippen molar-refractivity contribution in [3.63, 3.8) is 0 Å². The number of rotatable bonds is 3. The summed E-state index contributed by atoms with van der Waals surface area (Å²) in [6.07, 6.45) is -2.03. The second-order valence-electron chi connectivity index (χ2n) is 4.74. The Hall–Kier alpha value is -0.0700. The molecule has 0 saturated heterocycles. The van der Waals surface area contributed by atoms with Crippen LogP contribution in [0.25, 0.3) is 0 Å². The summed E-state index contributed by atoms with van der Waals surface area (Å²) < 4.78 is 39.0. The third-order valence-electron chi connectivity index (χ3n) is 3.35. The van der Waals surface area contributed by atoms with Gasteiger partial charge in [-0.1, -0.05) is 6.42 Å². The molecule has 1 aliphatic rings. The highest BCUT2D eigenvalue weighted by Gasteiger charge is 2.41. The van der Waals surface area contributed by atoms with Crippen LogP contribution in [0.1, 0.15) is 31.2 Å². The van der Waals surface area contributed by atoms with Gasteiger partial charge in [0.25, 0.3) is 0 Å². The highest BCUT2D eigenvalue weighted by molar-refractivity contribution is 9.11. The maximum absolute atomic E-state index is 12.6. The summed E-state index contributed by atoms with van der Waals surface area (Å²) in [7, 11) is 0. The van der Waals surface area contributed by atoms with E-state index in [2.05, 4.69) is 21.2 Å². The highest BCUT2D eigenvalue weighted by Crippen LogP contribution is 2.37. The molecule has 1 aromatic rings. The minimum Gasteiger partial charge on any atom is -0.310 e. The Morgan fingerprint density at radius 2 is 2.17 bits per heavy atom. The summed E-state index contributed by atoms with van der Waals surface area (Å²) in [6.45, 7) is 0.650. The summed E-state index contributed by atoms with van der Waals surface area (Å²) in [5.74, 6) is -1.13. The van der Waals surface area contributed by atoms with Crippen molar-refractivity contribution in [1.29, 1.82) is 0 Å². The van der Waals surface area contributed by atoms with Crippen LogP contribution in [-0.4, -0.2) is 12.2 Å². The molecule has 0 aliphatic heterocycles. The van der Waals surface area contributed by atoms with Crippen molar-refractivity contribution in [2.24, 2.45) is 5.92 Å². The average molecular weight is 342 g/mol. The fourth-order valence-corrected chi connectivity index (χ4v) is 3.58. The van der Waals surface area contributed by atoms with Crippen molar-refractivity contribution in [3.05, 3.63) is 20.8 Å². The Morgan fingerprint density at radius 1 is 1.39 bits per heavy atom. The number of thiophene rings is 1. The molecule has 1 heterocycles. The maximum atomic E-state index is 12.6. The summed E-state index contributed by atoms with van der Waals surface area (Å²) in [5, 5.41) is 5.25. The molecule has 1 aliphatic carbocycles. The minimum atomic E-state index is -4.04. The lowest BCUT2D eigenvalue weighted by Gasteiger charge is -2.31. The van der Waals surface area contributed by atoms with Gasteiger partial charge in [-0.2, -0.15) is 13.2 Å². The van der Waals surface area contributed by atoms with E-state index in [-0.39, 0.29) is 18.9 Å². The van der Waals surface area contributed by atoms with Gasteiger partial charge < -0.3 is 5.32 Å². The van der Waals surface area contributed by atoms with Crippen LogP contribution in [0.5, 0.6) is 0 Å². The van der Waals surface area contributed by atoms with Gasteiger partial charge in [0, 0.05) is 12.6 Å². The first-order chi connectivity index (χ1) is 8.45. The van der Waals surface area contributed by atoms with Gasteiger partial charge in [-0.25, -0.2) is 0 Å². The van der Waals surface area contributed by atoms with Gasteiger partial charge in [-0.3, -0.25) is 0 Å². The summed E-state index contributed by atoms with van der Waals surface area (Å²) in [5.41, 5.74) is 1.13. The monoisotopic (exact) mass is 341 g/mol. The van der Waals surface area contributed by atoms with Crippen molar-refractivity contribution >= 4 is 27.3 Å². The summed E-state index contributed by atoms with van der Waals surface area (Å²) in [4.78, 5) is 0. The molecule has 18 heavy (non-hydrogen) atoms. The Kier molecular flexibility index (Phi) is 4.72. The number of nitrogens with one attached hydrogen (secondary N) is 1. The number of hydrogen-bond donors (Lipinski definition) is 1. The summed E-state index contributed by atoms with van der Waals surface area (Å²) in [6, 6.07) is 1.99.